The second kappa shape index (κ2) is 7.61. The first kappa shape index (κ1) is 18.5. The van der Waals surface area contributed by atoms with Gasteiger partial charge in [-0.25, -0.2) is 13.8 Å². The number of aromatic nitrogens is 2. The zero-order valence-corrected chi connectivity index (χ0v) is 15.8. The van der Waals surface area contributed by atoms with Gasteiger partial charge in [0.2, 0.25) is 0 Å². The van der Waals surface area contributed by atoms with Gasteiger partial charge in [0.1, 0.15) is 11.6 Å². The average Bonchev–Trinajstić information content (AvgIpc) is 3.09. The van der Waals surface area contributed by atoms with Crippen LogP contribution in [0.25, 0.3) is 10.2 Å². The van der Waals surface area contributed by atoms with Crippen LogP contribution in [0.5, 0.6) is 0 Å². The summed E-state index contributed by atoms with van der Waals surface area (Å²) >= 11 is 7.28. The van der Waals surface area contributed by atoms with Crippen LogP contribution in [0.15, 0.2) is 60.9 Å². The SMILES string of the molecule is O=C(c1ccc(F)cc1Cl)N(Cc1cccnc1)c1nc2ccc(F)cc2s1. The molecule has 0 saturated carbocycles. The van der Waals surface area contributed by atoms with Crippen LogP contribution in [0, 0.1) is 11.6 Å². The quantitative estimate of drug-likeness (QED) is 0.444. The predicted molar refractivity (Wildman–Crippen MR) is 106 cm³/mol. The number of carbonyl (C=O) groups is 1. The van der Waals surface area contributed by atoms with Gasteiger partial charge >= 0.3 is 0 Å². The number of nitrogens with zero attached hydrogens (tertiary/aromatic N) is 3. The molecule has 8 heteroatoms. The maximum Gasteiger partial charge on any atom is 0.261 e. The van der Waals surface area contributed by atoms with Crippen LogP contribution in [0.1, 0.15) is 15.9 Å². The van der Waals surface area contributed by atoms with Gasteiger partial charge in [0.25, 0.3) is 5.91 Å². The zero-order valence-electron chi connectivity index (χ0n) is 14.3. The number of anilines is 1. The van der Waals surface area contributed by atoms with Gasteiger partial charge in [-0.05, 0) is 48.0 Å². The molecule has 0 bridgehead atoms. The number of pyridine rings is 1. The molecule has 0 atom stereocenters. The number of hydrogen-bond donors (Lipinski definition) is 0. The second-order valence-corrected chi connectivity index (χ2v) is 7.40. The van der Waals surface area contributed by atoms with Gasteiger partial charge < -0.3 is 0 Å². The molecule has 0 radical (unpaired) electrons. The van der Waals surface area contributed by atoms with E-state index in [-0.39, 0.29) is 22.9 Å². The maximum atomic E-state index is 13.5. The van der Waals surface area contributed by atoms with E-state index in [0.29, 0.717) is 15.3 Å². The number of thiazole rings is 1. The Kier molecular flexibility index (Phi) is 5.02. The van der Waals surface area contributed by atoms with E-state index >= 15 is 0 Å². The topological polar surface area (TPSA) is 46.1 Å². The molecule has 0 N–H and O–H groups in total. The lowest BCUT2D eigenvalue weighted by atomic mass is 10.2. The molecule has 28 heavy (non-hydrogen) atoms. The summed E-state index contributed by atoms with van der Waals surface area (Å²) in [6.07, 6.45) is 3.27. The molecule has 0 aliphatic carbocycles. The molecule has 2 aromatic heterocycles. The van der Waals surface area contributed by atoms with Gasteiger partial charge in [-0.2, -0.15) is 0 Å². The molecule has 2 heterocycles. The van der Waals surface area contributed by atoms with E-state index in [9.17, 15) is 13.6 Å². The molecule has 4 nitrogen and oxygen atoms in total. The average molecular weight is 416 g/mol. The number of hydrogen-bond acceptors (Lipinski definition) is 4. The molecule has 1 amide bonds. The normalized spacial score (nSPS) is 11.0. The van der Waals surface area contributed by atoms with E-state index in [1.54, 1.807) is 24.5 Å². The second-order valence-electron chi connectivity index (χ2n) is 5.99. The van der Waals surface area contributed by atoms with Crippen molar-refractivity contribution < 1.29 is 13.6 Å². The third-order valence-corrected chi connectivity index (χ3v) is 5.39. The van der Waals surface area contributed by atoms with E-state index in [2.05, 4.69) is 9.97 Å². The van der Waals surface area contributed by atoms with Crippen LogP contribution in [0.4, 0.5) is 13.9 Å². The molecule has 0 aliphatic heterocycles. The molecule has 140 valence electrons. The summed E-state index contributed by atoms with van der Waals surface area (Å²) in [6.45, 7) is 0.183. The minimum atomic E-state index is -0.532. The summed E-state index contributed by atoms with van der Waals surface area (Å²) in [5, 5.41) is 0.392. The number of amides is 1. The minimum Gasteiger partial charge on any atom is -0.279 e. The summed E-state index contributed by atoms with van der Waals surface area (Å²) in [5.74, 6) is -1.35. The maximum absolute atomic E-state index is 13.5. The fraction of sp³-hybridized carbons (Fsp3) is 0.0500. The third kappa shape index (κ3) is 3.72. The summed E-state index contributed by atoms with van der Waals surface area (Å²) in [7, 11) is 0. The Morgan fingerprint density at radius 2 is 1.89 bits per heavy atom. The molecule has 0 aliphatic rings. The standard InChI is InChI=1S/C20H12ClF2N3OS/c21-16-8-13(22)3-5-15(16)19(27)26(11-12-2-1-7-24-10-12)20-25-17-6-4-14(23)9-18(17)28-20/h1-10H,11H2. The molecule has 0 spiro atoms. The summed E-state index contributed by atoms with van der Waals surface area (Å²) in [5.41, 5.74) is 1.51. The van der Waals surface area contributed by atoms with E-state index in [0.717, 1.165) is 11.6 Å². The van der Waals surface area contributed by atoms with Crippen LogP contribution >= 0.6 is 22.9 Å². The largest absolute Gasteiger partial charge is 0.279 e. The highest BCUT2D eigenvalue weighted by Crippen LogP contribution is 2.32. The number of halogens is 3. The highest BCUT2D eigenvalue weighted by Gasteiger charge is 2.24. The Hall–Kier alpha value is -2.90. The van der Waals surface area contributed by atoms with Gasteiger partial charge in [-0.15, -0.1) is 0 Å². The van der Waals surface area contributed by atoms with Crippen molar-refractivity contribution in [1.29, 1.82) is 0 Å². The lowest BCUT2D eigenvalue weighted by molar-refractivity contribution is 0.0985. The Morgan fingerprint density at radius 3 is 2.64 bits per heavy atom. The molecular weight excluding hydrogens is 404 g/mol. The molecule has 4 rings (SSSR count). The smallest absolute Gasteiger partial charge is 0.261 e. The summed E-state index contributed by atoms with van der Waals surface area (Å²) in [6, 6.07) is 11.4. The number of carbonyl (C=O) groups excluding carboxylic acids is 1. The molecule has 0 fully saturated rings. The molecule has 2 aromatic carbocycles. The number of benzene rings is 2. The fourth-order valence-electron chi connectivity index (χ4n) is 2.71. The molecule has 4 aromatic rings. The lowest BCUT2D eigenvalue weighted by Crippen LogP contribution is -2.30. The summed E-state index contributed by atoms with van der Waals surface area (Å²) in [4.78, 5) is 23.2. The van der Waals surface area contributed by atoms with E-state index < -0.39 is 11.7 Å². The highest BCUT2D eigenvalue weighted by molar-refractivity contribution is 7.22. The Morgan fingerprint density at radius 1 is 1.11 bits per heavy atom. The first-order valence-electron chi connectivity index (χ1n) is 8.23. The minimum absolute atomic E-state index is 0.00772. The van der Waals surface area contributed by atoms with Crippen molar-refractivity contribution in [3.8, 4) is 0 Å². The first-order chi connectivity index (χ1) is 13.5. The van der Waals surface area contributed by atoms with E-state index in [1.165, 1.54) is 40.5 Å². The van der Waals surface area contributed by atoms with Crippen molar-refractivity contribution >= 4 is 44.2 Å². The zero-order chi connectivity index (χ0) is 19.7. The Labute approximate surface area is 168 Å². The van der Waals surface area contributed by atoms with Crippen molar-refractivity contribution in [3.05, 3.63) is 88.7 Å². The molecule has 0 unspecified atom stereocenters. The Balaban J connectivity index is 1.79. The van der Waals surface area contributed by atoms with Crippen molar-refractivity contribution in [2.45, 2.75) is 6.54 Å². The van der Waals surface area contributed by atoms with E-state index in [1.807, 2.05) is 6.07 Å². The van der Waals surface area contributed by atoms with Crippen LogP contribution < -0.4 is 4.90 Å². The molecule has 0 saturated heterocycles. The lowest BCUT2D eigenvalue weighted by Gasteiger charge is -2.20. The number of fused-ring (bicyclic) bond motifs is 1. The van der Waals surface area contributed by atoms with Crippen LogP contribution in [-0.2, 0) is 6.54 Å². The van der Waals surface area contributed by atoms with E-state index in [4.69, 9.17) is 11.6 Å². The van der Waals surface area contributed by atoms with Gasteiger partial charge in [0.05, 0.1) is 27.3 Å². The van der Waals surface area contributed by atoms with Crippen molar-refractivity contribution in [2.75, 3.05) is 4.90 Å². The van der Waals surface area contributed by atoms with Gasteiger partial charge in [-0.1, -0.05) is 29.0 Å². The Bertz CT molecular complexity index is 1170. The van der Waals surface area contributed by atoms with Crippen LogP contribution in [0.2, 0.25) is 5.02 Å². The van der Waals surface area contributed by atoms with Crippen LogP contribution in [-0.4, -0.2) is 15.9 Å². The molecular formula is C20H12ClF2N3OS. The van der Waals surface area contributed by atoms with Gasteiger partial charge in [-0.3, -0.25) is 14.7 Å². The summed E-state index contributed by atoms with van der Waals surface area (Å²) < 4.78 is 27.6. The first-order valence-corrected chi connectivity index (χ1v) is 9.42. The van der Waals surface area contributed by atoms with Crippen molar-refractivity contribution in [3.63, 3.8) is 0 Å². The monoisotopic (exact) mass is 415 g/mol. The highest BCUT2D eigenvalue weighted by atomic mass is 35.5. The van der Waals surface area contributed by atoms with Gasteiger partial charge in [0, 0.05) is 12.4 Å². The number of rotatable bonds is 4. The third-order valence-electron chi connectivity index (χ3n) is 4.04. The predicted octanol–water partition coefficient (Wildman–Crippen LogP) is 5.47. The van der Waals surface area contributed by atoms with Crippen molar-refractivity contribution in [2.24, 2.45) is 0 Å². The van der Waals surface area contributed by atoms with Crippen molar-refractivity contribution in [1.82, 2.24) is 9.97 Å². The van der Waals surface area contributed by atoms with Crippen LogP contribution in [0.3, 0.4) is 0 Å². The van der Waals surface area contributed by atoms with Gasteiger partial charge in [0.15, 0.2) is 5.13 Å². The fourth-order valence-corrected chi connectivity index (χ4v) is 3.95.